The van der Waals surface area contributed by atoms with Gasteiger partial charge < -0.3 is 20.0 Å². The van der Waals surface area contributed by atoms with Gasteiger partial charge in [-0.1, -0.05) is 0 Å². The molecule has 0 radical (unpaired) electrons. The predicted octanol–water partition coefficient (Wildman–Crippen LogP) is 1.21. The van der Waals surface area contributed by atoms with Crippen LogP contribution in [0.3, 0.4) is 0 Å². The molecule has 0 aromatic rings. The highest BCUT2D eigenvalue weighted by Crippen LogP contribution is 2.23. The van der Waals surface area contributed by atoms with Gasteiger partial charge >= 0.3 is 6.03 Å². The van der Waals surface area contributed by atoms with Crippen molar-refractivity contribution < 1.29 is 4.79 Å². The number of rotatable bonds is 3. The molecule has 0 unspecified atom stereocenters. The zero-order chi connectivity index (χ0) is 14.6. The van der Waals surface area contributed by atoms with Crippen molar-refractivity contribution in [1.29, 1.82) is 0 Å². The molecule has 2 fully saturated rings. The highest BCUT2D eigenvalue weighted by atomic mass is 16.2. The van der Waals surface area contributed by atoms with Crippen LogP contribution in [-0.4, -0.2) is 80.1 Å². The van der Waals surface area contributed by atoms with E-state index in [0.717, 1.165) is 58.4 Å². The molecule has 0 aromatic heterocycles. The standard InChI is InChI=1S/C15H30N4O/c1-17(2)13-15(7-11-18(3)12-8-15)16-14(20)19-9-5-4-6-10-19/h4-13H2,1-3H3,(H,16,20). The fraction of sp³-hybridized carbons (Fsp3) is 0.933. The number of carbonyl (C=O) groups is 1. The molecule has 5 heteroatoms. The number of piperidine rings is 2. The van der Waals surface area contributed by atoms with Crippen molar-refractivity contribution in [2.24, 2.45) is 0 Å². The fourth-order valence-electron chi connectivity index (χ4n) is 3.38. The first kappa shape index (κ1) is 15.6. The third-order valence-corrected chi connectivity index (χ3v) is 4.58. The quantitative estimate of drug-likeness (QED) is 0.845. The molecule has 0 aliphatic carbocycles. The number of hydrogen-bond acceptors (Lipinski definition) is 3. The number of likely N-dealkylation sites (tertiary alicyclic amines) is 2. The molecule has 0 spiro atoms. The van der Waals surface area contributed by atoms with Gasteiger partial charge in [-0.15, -0.1) is 0 Å². The van der Waals surface area contributed by atoms with Crippen LogP contribution in [0.5, 0.6) is 0 Å². The molecule has 116 valence electrons. The fourth-order valence-corrected chi connectivity index (χ4v) is 3.38. The summed E-state index contributed by atoms with van der Waals surface area (Å²) in [5, 5.41) is 3.37. The van der Waals surface area contributed by atoms with Crippen LogP contribution in [0.4, 0.5) is 4.79 Å². The summed E-state index contributed by atoms with van der Waals surface area (Å²) in [5.74, 6) is 0. The highest BCUT2D eigenvalue weighted by molar-refractivity contribution is 5.75. The first-order valence-corrected chi connectivity index (χ1v) is 7.91. The van der Waals surface area contributed by atoms with E-state index in [9.17, 15) is 4.79 Å². The zero-order valence-electron chi connectivity index (χ0n) is 13.3. The van der Waals surface area contributed by atoms with E-state index in [2.05, 4.69) is 36.3 Å². The summed E-state index contributed by atoms with van der Waals surface area (Å²) in [6.45, 7) is 4.90. The maximum Gasteiger partial charge on any atom is 0.317 e. The smallest absolute Gasteiger partial charge is 0.317 e. The van der Waals surface area contributed by atoms with Gasteiger partial charge in [0.05, 0.1) is 5.54 Å². The monoisotopic (exact) mass is 282 g/mol. The van der Waals surface area contributed by atoms with Crippen molar-refractivity contribution >= 4 is 6.03 Å². The average Bonchev–Trinajstić information content (AvgIpc) is 2.42. The Kier molecular flexibility index (Phi) is 5.27. The first-order chi connectivity index (χ1) is 9.51. The van der Waals surface area contributed by atoms with Gasteiger partial charge in [-0.25, -0.2) is 4.79 Å². The minimum Gasteiger partial charge on any atom is -0.331 e. The molecule has 0 saturated carbocycles. The van der Waals surface area contributed by atoms with Gasteiger partial charge in [-0.2, -0.15) is 0 Å². The summed E-state index contributed by atoms with van der Waals surface area (Å²) in [5.41, 5.74) is -0.0511. The molecule has 5 nitrogen and oxygen atoms in total. The Morgan fingerprint density at radius 1 is 1.10 bits per heavy atom. The largest absolute Gasteiger partial charge is 0.331 e. The lowest BCUT2D eigenvalue weighted by Gasteiger charge is -2.44. The van der Waals surface area contributed by atoms with Crippen molar-refractivity contribution in [1.82, 2.24) is 20.0 Å². The molecule has 0 bridgehead atoms. The second-order valence-electron chi connectivity index (χ2n) is 6.80. The van der Waals surface area contributed by atoms with E-state index in [1.54, 1.807) is 0 Å². The molecular formula is C15H30N4O. The van der Waals surface area contributed by atoms with Gasteiger partial charge in [0.1, 0.15) is 0 Å². The Hall–Kier alpha value is -0.810. The van der Waals surface area contributed by atoms with Crippen LogP contribution in [0.25, 0.3) is 0 Å². The Morgan fingerprint density at radius 2 is 1.70 bits per heavy atom. The van der Waals surface area contributed by atoms with E-state index in [1.807, 2.05) is 4.90 Å². The van der Waals surface area contributed by atoms with E-state index in [-0.39, 0.29) is 11.6 Å². The number of carbonyl (C=O) groups excluding carboxylic acids is 1. The number of urea groups is 1. The van der Waals surface area contributed by atoms with Crippen molar-refractivity contribution in [3.8, 4) is 0 Å². The van der Waals surface area contributed by atoms with Crippen LogP contribution >= 0.6 is 0 Å². The molecule has 20 heavy (non-hydrogen) atoms. The van der Waals surface area contributed by atoms with E-state index in [1.165, 1.54) is 6.42 Å². The minimum atomic E-state index is -0.0511. The second-order valence-corrected chi connectivity index (χ2v) is 6.80. The second kappa shape index (κ2) is 6.76. The summed E-state index contributed by atoms with van der Waals surface area (Å²) in [6.07, 6.45) is 5.65. The number of likely N-dealkylation sites (N-methyl/N-ethyl adjacent to an activating group) is 1. The SMILES string of the molecule is CN(C)CC1(NC(=O)N2CCCCC2)CCN(C)CC1. The number of nitrogens with one attached hydrogen (secondary N) is 1. The summed E-state index contributed by atoms with van der Waals surface area (Å²) in [7, 11) is 6.34. The van der Waals surface area contributed by atoms with Crippen LogP contribution in [-0.2, 0) is 0 Å². The molecule has 2 amide bonds. The van der Waals surface area contributed by atoms with Crippen LogP contribution in [0.1, 0.15) is 32.1 Å². The topological polar surface area (TPSA) is 38.8 Å². The Bertz CT molecular complexity index is 318. The molecule has 0 aromatic carbocycles. The molecule has 2 saturated heterocycles. The molecule has 2 heterocycles. The summed E-state index contributed by atoms with van der Waals surface area (Å²) >= 11 is 0. The summed E-state index contributed by atoms with van der Waals surface area (Å²) < 4.78 is 0. The van der Waals surface area contributed by atoms with Crippen molar-refractivity contribution in [3.05, 3.63) is 0 Å². The van der Waals surface area contributed by atoms with Gasteiger partial charge in [0.15, 0.2) is 0 Å². The third kappa shape index (κ3) is 4.09. The minimum absolute atomic E-state index is 0.0511. The van der Waals surface area contributed by atoms with E-state index in [0.29, 0.717) is 0 Å². The number of nitrogens with zero attached hydrogens (tertiary/aromatic N) is 3. The van der Waals surface area contributed by atoms with Gasteiger partial charge in [-0.3, -0.25) is 0 Å². The molecule has 0 atom stereocenters. The lowest BCUT2D eigenvalue weighted by molar-refractivity contribution is 0.115. The van der Waals surface area contributed by atoms with Gasteiger partial charge in [0.2, 0.25) is 0 Å². The van der Waals surface area contributed by atoms with Gasteiger partial charge in [0.25, 0.3) is 0 Å². The third-order valence-electron chi connectivity index (χ3n) is 4.58. The molecular weight excluding hydrogens is 252 g/mol. The van der Waals surface area contributed by atoms with Crippen LogP contribution in [0.2, 0.25) is 0 Å². The average molecular weight is 282 g/mol. The number of amides is 2. The Morgan fingerprint density at radius 3 is 2.25 bits per heavy atom. The number of hydrogen-bond donors (Lipinski definition) is 1. The molecule has 2 aliphatic heterocycles. The highest BCUT2D eigenvalue weighted by Gasteiger charge is 2.36. The van der Waals surface area contributed by atoms with E-state index in [4.69, 9.17) is 0 Å². The lowest BCUT2D eigenvalue weighted by atomic mass is 9.87. The van der Waals surface area contributed by atoms with Gasteiger partial charge in [0, 0.05) is 32.7 Å². The van der Waals surface area contributed by atoms with Crippen molar-refractivity contribution in [3.63, 3.8) is 0 Å². The van der Waals surface area contributed by atoms with Gasteiger partial charge in [-0.05, 0) is 53.2 Å². The molecule has 2 rings (SSSR count). The van der Waals surface area contributed by atoms with E-state index >= 15 is 0 Å². The van der Waals surface area contributed by atoms with Crippen LogP contribution in [0.15, 0.2) is 0 Å². The molecule has 1 N–H and O–H groups in total. The van der Waals surface area contributed by atoms with Crippen LogP contribution in [0, 0.1) is 0 Å². The maximum atomic E-state index is 12.5. The van der Waals surface area contributed by atoms with Crippen molar-refractivity contribution in [2.45, 2.75) is 37.6 Å². The van der Waals surface area contributed by atoms with Crippen molar-refractivity contribution in [2.75, 3.05) is 53.9 Å². The molecule has 2 aliphatic rings. The van der Waals surface area contributed by atoms with Crippen LogP contribution < -0.4 is 5.32 Å². The predicted molar refractivity (Wildman–Crippen MR) is 82.0 cm³/mol. The maximum absolute atomic E-state index is 12.5. The Balaban J connectivity index is 1.97. The van der Waals surface area contributed by atoms with E-state index < -0.39 is 0 Å². The lowest BCUT2D eigenvalue weighted by Crippen LogP contribution is -2.62. The Labute approximate surface area is 123 Å². The zero-order valence-corrected chi connectivity index (χ0v) is 13.3. The normalized spacial score (nSPS) is 23.9. The summed E-state index contributed by atoms with van der Waals surface area (Å²) in [4.78, 5) is 19.1. The summed E-state index contributed by atoms with van der Waals surface area (Å²) in [6, 6.07) is 0.149. The first-order valence-electron chi connectivity index (χ1n) is 7.91.